The molecular formula is C23H18N4O5S2. The third-order valence-corrected chi connectivity index (χ3v) is 8.23. The Kier molecular flexibility index (Phi) is 5.64. The van der Waals surface area contributed by atoms with Gasteiger partial charge in [0.15, 0.2) is 0 Å². The van der Waals surface area contributed by atoms with Crippen molar-refractivity contribution < 1.29 is 22.8 Å². The quantitative estimate of drug-likeness (QED) is 0.322. The van der Waals surface area contributed by atoms with Crippen molar-refractivity contribution >= 4 is 44.1 Å². The van der Waals surface area contributed by atoms with Crippen LogP contribution in [0.2, 0.25) is 0 Å². The maximum atomic E-state index is 12.9. The van der Waals surface area contributed by atoms with Gasteiger partial charge in [0, 0.05) is 6.07 Å². The van der Waals surface area contributed by atoms with E-state index in [1.165, 1.54) is 12.3 Å². The first-order chi connectivity index (χ1) is 16.4. The molecule has 0 saturated heterocycles. The number of thiophene rings is 1. The molecule has 0 saturated carbocycles. The van der Waals surface area contributed by atoms with Crippen LogP contribution in [0.4, 0.5) is 5.69 Å². The molecule has 0 bridgehead atoms. The molecule has 3 heterocycles. The molecule has 0 aliphatic carbocycles. The van der Waals surface area contributed by atoms with Gasteiger partial charge >= 0.3 is 5.97 Å². The Morgan fingerprint density at radius 3 is 2.68 bits per heavy atom. The first kappa shape index (κ1) is 21.9. The molecular weight excluding hydrogens is 476 g/mol. The van der Waals surface area contributed by atoms with Crippen LogP contribution in [0.5, 0.6) is 0 Å². The normalized spacial score (nSPS) is 12.6. The predicted molar refractivity (Wildman–Crippen MR) is 127 cm³/mol. The van der Waals surface area contributed by atoms with E-state index in [4.69, 9.17) is 4.52 Å². The molecule has 2 aromatic carbocycles. The summed E-state index contributed by atoms with van der Waals surface area (Å²) in [4.78, 5) is 16.6. The highest BCUT2D eigenvalue weighted by atomic mass is 32.2. The lowest BCUT2D eigenvalue weighted by molar-refractivity contribution is -0.137. The minimum absolute atomic E-state index is 0.115. The molecule has 34 heavy (non-hydrogen) atoms. The SMILES string of the molecule is O=C(O)CC(c1ccccc1)n1cnc2cc(NS(=O)(=O)c3ccc(-c4ccon4)s3)ccc21. The highest BCUT2D eigenvalue weighted by molar-refractivity contribution is 7.94. The maximum absolute atomic E-state index is 12.9. The Hall–Kier alpha value is -3.96. The van der Waals surface area contributed by atoms with E-state index in [2.05, 4.69) is 14.9 Å². The third-order valence-electron chi connectivity index (χ3n) is 5.25. The van der Waals surface area contributed by atoms with Gasteiger partial charge in [-0.25, -0.2) is 13.4 Å². The Balaban J connectivity index is 1.44. The van der Waals surface area contributed by atoms with Crippen molar-refractivity contribution in [3.05, 3.63) is 84.9 Å². The molecule has 1 atom stereocenters. The molecule has 0 amide bonds. The van der Waals surface area contributed by atoms with E-state index in [1.54, 1.807) is 41.2 Å². The van der Waals surface area contributed by atoms with Crippen molar-refractivity contribution in [1.82, 2.24) is 14.7 Å². The molecule has 3 aromatic heterocycles. The molecule has 0 spiro atoms. The second-order valence-corrected chi connectivity index (χ2v) is 10.5. The number of anilines is 1. The number of fused-ring (bicyclic) bond motifs is 1. The number of aliphatic carboxylic acids is 1. The fraction of sp³-hybridized carbons (Fsp3) is 0.0870. The highest BCUT2D eigenvalue weighted by Crippen LogP contribution is 2.32. The standard InChI is InChI=1S/C23H18N4O5S2/c28-22(29)13-20(15-4-2-1-3-5-15)27-14-24-18-12-16(6-7-19(18)27)26-34(30,31)23-9-8-21(33-23)17-10-11-32-25-17/h1-12,14,20,26H,13H2,(H,28,29). The Morgan fingerprint density at radius 1 is 1.12 bits per heavy atom. The van der Waals surface area contributed by atoms with Gasteiger partial charge in [-0.05, 0) is 35.9 Å². The number of imidazole rings is 1. The van der Waals surface area contributed by atoms with Gasteiger partial charge in [-0.1, -0.05) is 35.5 Å². The number of aromatic nitrogens is 3. The minimum Gasteiger partial charge on any atom is -0.481 e. The van der Waals surface area contributed by atoms with Crippen LogP contribution in [0.15, 0.2) is 88.1 Å². The summed E-state index contributed by atoms with van der Waals surface area (Å²) in [5, 5.41) is 13.3. The zero-order valence-corrected chi connectivity index (χ0v) is 19.2. The van der Waals surface area contributed by atoms with Crippen molar-refractivity contribution in [2.75, 3.05) is 4.72 Å². The van der Waals surface area contributed by atoms with Crippen LogP contribution in [0, 0.1) is 0 Å². The zero-order valence-electron chi connectivity index (χ0n) is 17.5. The van der Waals surface area contributed by atoms with E-state index in [0.29, 0.717) is 27.3 Å². The molecule has 5 rings (SSSR count). The fourth-order valence-electron chi connectivity index (χ4n) is 3.71. The zero-order chi connectivity index (χ0) is 23.7. The van der Waals surface area contributed by atoms with Crippen LogP contribution in [0.25, 0.3) is 21.6 Å². The lowest BCUT2D eigenvalue weighted by atomic mass is 10.0. The van der Waals surface area contributed by atoms with Crippen molar-refractivity contribution in [3.63, 3.8) is 0 Å². The molecule has 9 nitrogen and oxygen atoms in total. The monoisotopic (exact) mass is 494 g/mol. The topological polar surface area (TPSA) is 127 Å². The first-order valence-electron chi connectivity index (χ1n) is 10.2. The lowest BCUT2D eigenvalue weighted by Gasteiger charge is -2.18. The van der Waals surface area contributed by atoms with E-state index >= 15 is 0 Å². The highest BCUT2D eigenvalue weighted by Gasteiger charge is 2.21. The summed E-state index contributed by atoms with van der Waals surface area (Å²) in [5.41, 5.74) is 2.99. The molecule has 0 fully saturated rings. The fourth-order valence-corrected chi connectivity index (χ4v) is 6.03. The van der Waals surface area contributed by atoms with Gasteiger partial charge in [-0.15, -0.1) is 11.3 Å². The number of nitrogens with one attached hydrogen (secondary N) is 1. The summed E-state index contributed by atoms with van der Waals surface area (Å²) in [6, 6.07) is 18.7. The Bertz CT molecular complexity index is 1560. The van der Waals surface area contributed by atoms with E-state index in [9.17, 15) is 18.3 Å². The summed E-state index contributed by atoms with van der Waals surface area (Å²) in [7, 11) is -3.82. The number of carboxylic acid groups (broad SMARTS) is 1. The van der Waals surface area contributed by atoms with E-state index in [1.807, 2.05) is 30.3 Å². The van der Waals surface area contributed by atoms with Crippen LogP contribution in [-0.4, -0.2) is 34.2 Å². The summed E-state index contributed by atoms with van der Waals surface area (Å²) in [6.45, 7) is 0. The van der Waals surface area contributed by atoms with Crippen molar-refractivity contribution in [1.29, 1.82) is 0 Å². The average Bonchev–Trinajstić information content (AvgIpc) is 3.58. The molecule has 1 unspecified atom stereocenters. The number of carboxylic acids is 1. The van der Waals surface area contributed by atoms with Gasteiger partial charge in [0.05, 0.1) is 40.4 Å². The van der Waals surface area contributed by atoms with Crippen LogP contribution in [0.3, 0.4) is 0 Å². The molecule has 11 heteroatoms. The van der Waals surface area contributed by atoms with Gasteiger partial charge in [0.2, 0.25) is 0 Å². The molecule has 0 aliphatic rings. The maximum Gasteiger partial charge on any atom is 0.305 e. The second-order valence-electron chi connectivity index (χ2n) is 7.49. The molecule has 5 aromatic rings. The molecule has 2 N–H and O–H groups in total. The first-order valence-corrected chi connectivity index (χ1v) is 12.5. The van der Waals surface area contributed by atoms with E-state index in [0.717, 1.165) is 16.9 Å². The van der Waals surface area contributed by atoms with Gasteiger partial charge in [0.25, 0.3) is 10.0 Å². The molecule has 172 valence electrons. The van der Waals surface area contributed by atoms with Gasteiger partial charge in [-0.3, -0.25) is 9.52 Å². The number of benzene rings is 2. The van der Waals surface area contributed by atoms with Gasteiger partial charge in [-0.2, -0.15) is 0 Å². The van der Waals surface area contributed by atoms with Crippen LogP contribution < -0.4 is 4.72 Å². The number of carbonyl (C=O) groups is 1. The summed E-state index contributed by atoms with van der Waals surface area (Å²) in [5.74, 6) is -0.930. The Labute approximate surface area is 198 Å². The smallest absolute Gasteiger partial charge is 0.305 e. The van der Waals surface area contributed by atoms with Crippen LogP contribution in [-0.2, 0) is 14.8 Å². The third kappa shape index (κ3) is 4.30. The van der Waals surface area contributed by atoms with Crippen LogP contribution in [0.1, 0.15) is 18.0 Å². The largest absolute Gasteiger partial charge is 0.481 e. The number of hydrogen-bond acceptors (Lipinski definition) is 7. The second kappa shape index (κ2) is 8.76. The van der Waals surface area contributed by atoms with Crippen LogP contribution >= 0.6 is 11.3 Å². The summed E-state index contributed by atoms with van der Waals surface area (Å²) >= 11 is 1.08. The van der Waals surface area contributed by atoms with E-state index < -0.39 is 22.0 Å². The summed E-state index contributed by atoms with van der Waals surface area (Å²) < 4.78 is 35.1. The Morgan fingerprint density at radius 2 is 1.94 bits per heavy atom. The minimum atomic E-state index is -3.82. The predicted octanol–water partition coefficient (Wildman–Crippen LogP) is 4.62. The number of rotatable bonds is 8. The average molecular weight is 495 g/mol. The number of sulfonamides is 1. The molecule has 0 radical (unpaired) electrons. The number of hydrogen-bond donors (Lipinski definition) is 2. The van der Waals surface area contributed by atoms with Crippen molar-refractivity contribution in [2.45, 2.75) is 16.7 Å². The summed E-state index contributed by atoms with van der Waals surface area (Å²) in [6.07, 6.45) is 2.89. The lowest BCUT2D eigenvalue weighted by Crippen LogP contribution is -2.14. The van der Waals surface area contributed by atoms with Gasteiger partial charge < -0.3 is 14.2 Å². The van der Waals surface area contributed by atoms with E-state index in [-0.39, 0.29) is 10.6 Å². The molecule has 0 aliphatic heterocycles. The van der Waals surface area contributed by atoms with Gasteiger partial charge in [0.1, 0.15) is 16.2 Å². The number of nitrogens with zero attached hydrogens (tertiary/aromatic N) is 3. The van der Waals surface area contributed by atoms with Crippen molar-refractivity contribution in [2.24, 2.45) is 0 Å². The van der Waals surface area contributed by atoms with Crippen molar-refractivity contribution in [3.8, 4) is 10.6 Å².